The Labute approximate surface area is 111 Å². The number of ether oxygens (including phenoxy) is 1. The van der Waals surface area contributed by atoms with Crippen molar-refractivity contribution in [2.75, 3.05) is 26.7 Å². The predicted octanol–water partition coefficient (Wildman–Crippen LogP) is 2.22. The molecule has 0 unspecified atom stereocenters. The summed E-state index contributed by atoms with van der Waals surface area (Å²) in [5, 5.41) is 6.88. The lowest BCUT2D eigenvalue weighted by molar-refractivity contribution is 0.414. The molecular weight excluding hydrogens is 224 g/mol. The monoisotopic (exact) mass is 250 g/mol. The number of methoxy groups -OCH3 is 1. The fraction of sp³-hybridized carbons (Fsp3) is 0.600. The highest BCUT2D eigenvalue weighted by Gasteiger charge is 1.96. The minimum atomic E-state index is 0.585. The van der Waals surface area contributed by atoms with Crippen LogP contribution in [0.25, 0.3) is 0 Å². The van der Waals surface area contributed by atoms with Gasteiger partial charge in [-0.2, -0.15) is 0 Å². The molecule has 1 rings (SSSR count). The van der Waals surface area contributed by atoms with Crippen molar-refractivity contribution in [3.8, 4) is 5.75 Å². The lowest BCUT2D eigenvalue weighted by atomic mass is 10.1. The number of hydrogen-bond donors (Lipinski definition) is 2. The van der Waals surface area contributed by atoms with Gasteiger partial charge >= 0.3 is 0 Å². The first kappa shape index (κ1) is 15.0. The van der Waals surface area contributed by atoms with E-state index in [1.165, 1.54) is 12.0 Å². The quantitative estimate of drug-likeness (QED) is 0.659. The molecule has 102 valence electrons. The summed E-state index contributed by atoms with van der Waals surface area (Å²) in [6, 6.07) is 8.85. The van der Waals surface area contributed by atoms with Crippen LogP contribution >= 0.6 is 0 Å². The summed E-state index contributed by atoms with van der Waals surface area (Å²) in [7, 11) is 1.71. The second kappa shape index (κ2) is 8.95. The Kier molecular flexibility index (Phi) is 7.46. The van der Waals surface area contributed by atoms with Gasteiger partial charge in [-0.05, 0) is 50.2 Å². The average molecular weight is 250 g/mol. The lowest BCUT2D eigenvalue weighted by Crippen LogP contribution is -2.27. The van der Waals surface area contributed by atoms with Crippen LogP contribution in [0.5, 0.6) is 5.75 Å². The summed E-state index contributed by atoms with van der Waals surface area (Å²) in [6.45, 7) is 7.54. The number of rotatable bonds is 9. The van der Waals surface area contributed by atoms with Crippen molar-refractivity contribution in [2.24, 2.45) is 0 Å². The van der Waals surface area contributed by atoms with Gasteiger partial charge in [0.1, 0.15) is 5.75 Å². The molecule has 0 aromatic heterocycles. The summed E-state index contributed by atoms with van der Waals surface area (Å²) in [5.41, 5.74) is 1.32. The summed E-state index contributed by atoms with van der Waals surface area (Å²) in [4.78, 5) is 0. The predicted molar refractivity (Wildman–Crippen MR) is 77.3 cm³/mol. The van der Waals surface area contributed by atoms with E-state index in [0.29, 0.717) is 6.04 Å². The Balaban J connectivity index is 2.06. The first-order valence-electron chi connectivity index (χ1n) is 6.79. The molecule has 0 aliphatic rings. The number of benzene rings is 1. The first-order chi connectivity index (χ1) is 8.72. The van der Waals surface area contributed by atoms with Crippen molar-refractivity contribution < 1.29 is 4.74 Å². The topological polar surface area (TPSA) is 33.3 Å². The first-order valence-corrected chi connectivity index (χ1v) is 6.79. The van der Waals surface area contributed by atoms with E-state index in [-0.39, 0.29) is 0 Å². The molecular formula is C15H26N2O. The second-order valence-electron chi connectivity index (χ2n) is 4.81. The molecule has 0 fully saturated rings. The van der Waals surface area contributed by atoms with Gasteiger partial charge in [-0.1, -0.05) is 26.0 Å². The van der Waals surface area contributed by atoms with E-state index >= 15 is 0 Å². The lowest BCUT2D eigenvalue weighted by Gasteiger charge is -2.09. The van der Waals surface area contributed by atoms with Crippen molar-refractivity contribution in [1.29, 1.82) is 0 Å². The van der Waals surface area contributed by atoms with E-state index in [4.69, 9.17) is 4.74 Å². The molecule has 0 heterocycles. The molecule has 18 heavy (non-hydrogen) atoms. The molecule has 0 aliphatic heterocycles. The molecule has 0 spiro atoms. The third kappa shape index (κ3) is 6.62. The van der Waals surface area contributed by atoms with Gasteiger partial charge in [0.2, 0.25) is 0 Å². The zero-order valence-corrected chi connectivity index (χ0v) is 11.8. The van der Waals surface area contributed by atoms with Crippen LogP contribution in [0.15, 0.2) is 24.3 Å². The summed E-state index contributed by atoms with van der Waals surface area (Å²) >= 11 is 0. The van der Waals surface area contributed by atoms with E-state index in [1.807, 2.05) is 12.1 Å². The van der Waals surface area contributed by atoms with Crippen LogP contribution in [0.1, 0.15) is 25.8 Å². The molecule has 2 N–H and O–H groups in total. The maximum absolute atomic E-state index is 5.21. The molecule has 0 atom stereocenters. The molecule has 1 aromatic carbocycles. The van der Waals surface area contributed by atoms with Crippen molar-refractivity contribution in [1.82, 2.24) is 10.6 Å². The van der Waals surface area contributed by atoms with Crippen LogP contribution in [-0.4, -0.2) is 32.8 Å². The maximum Gasteiger partial charge on any atom is 0.119 e. The highest BCUT2D eigenvalue weighted by molar-refractivity contribution is 5.28. The Morgan fingerprint density at radius 3 is 2.72 bits per heavy atom. The van der Waals surface area contributed by atoms with E-state index < -0.39 is 0 Å². The Hall–Kier alpha value is -1.06. The zero-order valence-electron chi connectivity index (χ0n) is 11.8. The molecule has 3 heteroatoms. The summed E-state index contributed by atoms with van der Waals surface area (Å²) < 4.78 is 5.21. The van der Waals surface area contributed by atoms with Gasteiger partial charge < -0.3 is 15.4 Å². The van der Waals surface area contributed by atoms with Crippen LogP contribution in [0.3, 0.4) is 0 Å². The van der Waals surface area contributed by atoms with Gasteiger partial charge in [0.25, 0.3) is 0 Å². The number of nitrogens with one attached hydrogen (secondary N) is 2. The molecule has 0 aliphatic carbocycles. The van der Waals surface area contributed by atoms with Gasteiger partial charge in [0.05, 0.1) is 7.11 Å². The van der Waals surface area contributed by atoms with Gasteiger partial charge in [-0.25, -0.2) is 0 Å². The minimum absolute atomic E-state index is 0.585. The van der Waals surface area contributed by atoms with Crippen molar-refractivity contribution in [3.05, 3.63) is 29.8 Å². The maximum atomic E-state index is 5.21. The normalized spacial score (nSPS) is 10.9. The van der Waals surface area contributed by atoms with Crippen LogP contribution in [0.4, 0.5) is 0 Å². The molecule has 0 bridgehead atoms. The molecule has 1 aromatic rings. The van der Waals surface area contributed by atoms with E-state index in [9.17, 15) is 0 Å². The van der Waals surface area contributed by atoms with E-state index in [0.717, 1.165) is 31.8 Å². The van der Waals surface area contributed by atoms with Crippen molar-refractivity contribution in [3.63, 3.8) is 0 Å². The third-order valence-corrected chi connectivity index (χ3v) is 2.81. The molecule has 0 amide bonds. The van der Waals surface area contributed by atoms with Crippen LogP contribution in [-0.2, 0) is 6.42 Å². The fourth-order valence-corrected chi connectivity index (χ4v) is 1.79. The molecule has 3 nitrogen and oxygen atoms in total. The highest BCUT2D eigenvalue weighted by Crippen LogP contribution is 2.12. The Morgan fingerprint density at radius 2 is 2.00 bits per heavy atom. The summed E-state index contributed by atoms with van der Waals surface area (Å²) in [6.07, 6.45) is 2.23. The van der Waals surface area contributed by atoms with Crippen LogP contribution in [0.2, 0.25) is 0 Å². The second-order valence-corrected chi connectivity index (χ2v) is 4.81. The Bertz CT molecular complexity index is 326. The highest BCUT2D eigenvalue weighted by atomic mass is 16.5. The van der Waals surface area contributed by atoms with E-state index in [1.54, 1.807) is 7.11 Å². The van der Waals surface area contributed by atoms with Gasteiger partial charge in [-0.3, -0.25) is 0 Å². The smallest absolute Gasteiger partial charge is 0.119 e. The Morgan fingerprint density at radius 1 is 1.17 bits per heavy atom. The van der Waals surface area contributed by atoms with Gasteiger partial charge in [0.15, 0.2) is 0 Å². The third-order valence-electron chi connectivity index (χ3n) is 2.81. The van der Waals surface area contributed by atoms with E-state index in [2.05, 4.69) is 36.6 Å². The zero-order chi connectivity index (χ0) is 13.2. The average Bonchev–Trinajstić information content (AvgIpc) is 2.37. The fourth-order valence-electron chi connectivity index (χ4n) is 1.79. The molecule has 0 saturated heterocycles. The standard InChI is InChI=1S/C15H26N2O/c1-13(2)17-10-5-9-16-11-8-14-6-4-7-15(12-14)18-3/h4,6-7,12-13,16-17H,5,8-11H2,1-3H3. The van der Waals surface area contributed by atoms with Crippen LogP contribution in [0, 0.1) is 0 Å². The van der Waals surface area contributed by atoms with Gasteiger partial charge in [0, 0.05) is 6.04 Å². The molecule has 0 saturated carbocycles. The largest absolute Gasteiger partial charge is 0.497 e. The summed E-state index contributed by atoms with van der Waals surface area (Å²) in [5.74, 6) is 0.939. The minimum Gasteiger partial charge on any atom is -0.497 e. The molecule has 0 radical (unpaired) electrons. The van der Waals surface area contributed by atoms with Gasteiger partial charge in [-0.15, -0.1) is 0 Å². The SMILES string of the molecule is COc1cccc(CCNCCCNC(C)C)c1. The van der Waals surface area contributed by atoms with Crippen LogP contribution < -0.4 is 15.4 Å². The van der Waals surface area contributed by atoms with Crippen molar-refractivity contribution in [2.45, 2.75) is 32.7 Å². The number of hydrogen-bond acceptors (Lipinski definition) is 3. The van der Waals surface area contributed by atoms with Crippen molar-refractivity contribution >= 4 is 0 Å².